The predicted molar refractivity (Wildman–Crippen MR) is 144 cm³/mol. The molecular weight excluding hydrogens is 448 g/mol. The molecule has 204 valence electrons. The Labute approximate surface area is 220 Å². The number of allylic oxidation sites excluding steroid dienone is 2. The first kappa shape index (κ1) is 26.9. The Hall–Kier alpha value is -0.680. The highest BCUT2D eigenvalue weighted by atomic mass is 16.7. The topological polar surface area (TPSA) is 47.9 Å². The molecule has 0 aromatic carbocycles. The van der Waals surface area contributed by atoms with Gasteiger partial charge in [0.25, 0.3) is 0 Å². The lowest BCUT2D eigenvalue weighted by atomic mass is 9.38. The second kappa shape index (κ2) is 8.66. The second-order valence-corrected chi connectivity index (χ2v) is 14.5. The monoisotopic (exact) mass is 500 g/mol. The standard InChI is InChI=1S/C32H52O4/c1-20(2)18-22(34-8)19-21(3)23-12-14-30(7)24-13-15-32-25(10-11-26(33)28(32,4)5)31(24,27(35-9)36-32)17-16-29(23,30)6/h13,15,18,21-27,33H,10-12,14,16-17,19H2,1-9H3/t21-,22?,23?,24?,25+,26?,27-,29?,30+,31?,32?/m1/s1. The molecule has 0 amide bonds. The highest BCUT2D eigenvalue weighted by molar-refractivity contribution is 5.34. The molecule has 1 aliphatic heterocycles. The molecule has 4 nitrogen and oxygen atoms in total. The molecule has 5 aliphatic rings. The van der Waals surface area contributed by atoms with Crippen LogP contribution >= 0.6 is 0 Å². The number of rotatable bonds is 6. The molecule has 2 bridgehead atoms. The molecule has 4 aliphatic carbocycles. The highest BCUT2D eigenvalue weighted by Crippen LogP contribution is 2.78. The maximum absolute atomic E-state index is 11.1. The summed E-state index contributed by atoms with van der Waals surface area (Å²) in [4.78, 5) is 0. The van der Waals surface area contributed by atoms with Crippen LogP contribution in [0.5, 0.6) is 0 Å². The van der Waals surface area contributed by atoms with E-state index >= 15 is 0 Å². The SMILES string of the molecule is COC(C=C(C)C)C[C@@H](C)C1CC[C@@]2(C)C3C=CC45O[C@@H](OC)C3(CCC12C)[C@@H]4CCC(O)C5(C)C. The molecule has 4 heteroatoms. The van der Waals surface area contributed by atoms with Crippen LogP contribution in [0, 0.1) is 45.3 Å². The number of hydrogen-bond donors (Lipinski definition) is 1. The zero-order chi connectivity index (χ0) is 26.3. The number of methoxy groups -OCH3 is 2. The van der Waals surface area contributed by atoms with Gasteiger partial charge in [0.1, 0.15) is 5.60 Å². The van der Waals surface area contributed by atoms with E-state index in [0.29, 0.717) is 23.7 Å². The molecule has 11 atom stereocenters. The van der Waals surface area contributed by atoms with Gasteiger partial charge in [-0.25, -0.2) is 0 Å². The van der Waals surface area contributed by atoms with Gasteiger partial charge in [0, 0.05) is 31.0 Å². The first-order valence-electron chi connectivity index (χ1n) is 14.6. The number of fused-ring (bicyclic) bond motifs is 2. The van der Waals surface area contributed by atoms with Crippen molar-refractivity contribution in [3.05, 3.63) is 23.8 Å². The van der Waals surface area contributed by atoms with E-state index in [0.717, 1.165) is 25.7 Å². The van der Waals surface area contributed by atoms with E-state index < -0.39 is 5.60 Å². The van der Waals surface area contributed by atoms with Crippen LogP contribution in [0.25, 0.3) is 0 Å². The van der Waals surface area contributed by atoms with Gasteiger partial charge in [-0.2, -0.15) is 0 Å². The van der Waals surface area contributed by atoms with Crippen molar-refractivity contribution in [2.24, 2.45) is 45.3 Å². The van der Waals surface area contributed by atoms with Gasteiger partial charge < -0.3 is 19.3 Å². The summed E-state index contributed by atoms with van der Waals surface area (Å²) in [5.74, 6) is 2.14. The molecule has 7 unspecified atom stereocenters. The Balaban J connectivity index is 1.52. The van der Waals surface area contributed by atoms with Crippen molar-refractivity contribution < 1.29 is 19.3 Å². The first-order valence-corrected chi connectivity index (χ1v) is 14.6. The molecule has 4 fully saturated rings. The van der Waals surface area contributed by atoms with Crippen LogP contribution in [0.3, 0.4) is 0 Å². The molecule has 1 N–H and O–H groups in total. The van der Waals surface area contributed by atoms with Crippen LogP contribution in [-0.4, -0.2) is 43.4 Å². The molecule has 3 saturated carbocycles. The van der Waals surface area contributed by atoms with E-state index in [2.05, 4.69) is 66.7 Å². The summed E-state index contributed by atoms with van der Waals surface area (Å²) in [6.45, 7) is 16.4. The van der Waals surface area contributed by atoms with Crippen molar-refractivity contribution in [3.8, 4) is 0 Å². The van der Waals surface area contributed by atoms with Gasteiger partial charge in [0.05, 0.1) is 12.2 Å². The van der Waals surface area contributed by atoms with E-state index in [-0.39, 0.29) is 40.2 Å². The van der Waals surface area contributed by atoms with Gasteiger partial charge in [-0.15, -0.1) is 0 Å². The largest absolute Gasteiger partial charge is 0.392 e. The smallest absolute Gasteiger partial charge is 0.164 e. The molecule has 1 spiro atoms. The summed E-state index contributed by atoms with van der Waals surface area (Å²) >= 11 is 0. The van der Waals surface area contributed by atoms with Crippen molar-refractivity contribution in [2.45, 2.75) is 118 Å². The fourth-order valence-corrected chi connectivity index (χ4v) is 10.6. The average Bonchev–Trinajstić information content (AvgIpc) is 3.19. The van der Waals surface area contributed by atoms with Crippen LogP contribution in [-0.2, 0) is 14.2 Å². The zero-order valence-electron chi connectivity index (χ0n) is 24.4. The van der Waals surface area contributed by atoms with Crippen molar-refractivity contribution in [3.63, 3.8) is 0 Å². The highest BCUT2D eigenvalue weighted by Gasteiger charge is 2.78. The predicted octanol–water partition coefficient (Wildman–Crippen LogP) is 6.92. The summed E-state index contributed by atoms with van der Waals surface area (Å²) < 4.78 is 19.1. The van der Waals surface area contributed by atoms with Crippen LogP contribution < -0.4 is 0 Å². The van der Waals surface area contributed by atoms with Gasteiger partial charge in [-0.05, 0) is 87.4 Å². The molecule has 1 heterocycles. The Bertz CT molecular complexity index is 919. The number of ether oxygens (including phenoxy) is 3. The van der Waals surface area contributed by atoms with E-state index in [1.807, 2.05) is 14.2 Å². The van der Waals surface area contributed by atoms with Crippen molar-refractivity contribution >= 4 is 0 Å². The average molecular weight is 501 g/mol. The third-order valence-electron chi connectivity index (χ3n) is 12.8. The van der Waals surface area contributed by atoms with Crippen LogP contribution in [0.2, 0.25) is 0 Å². The normalized spacial score (nSPS) is 50.1. The maximum Gasteiger partial charge on any atom is 0.164 e. The summed E-state index contributed by atoms with van der Waals surface area (Å²) in [6, 6.07) is 0. The van der Waals surface area contributed by atoms with Gasteiger partial charge in [0.2, 0.25) is 0 Å². The first-order chi connectivity index (χ1) is 16.8. The summed E-state index contributed by atoms with van der Waals surface area (Å²) in [6.07, 6.45) is 14.8. The van der Waals surface area contributed by atoms with Gasteiger partial charge >= 0.3 is 0 Å². The molecular formula is C32H52O4. The molecule has 0 radical (unpaired) electrons. The minimum atomic E-state index is -0.437. The van der Waals surface area contributed by atoms with E-state index in [9.17, 15) is 5.11 Å². The maximum atomic E-state index is 11.1. The lowest BCUT2D eigenvalue weighted by Gasteiger charge is -2.65. The molecule has 36 heavy (non-hydrogen) atoms. The Morgan fingerprint density at radius 3 is 2.42 bits per heavy atom. The van der Waals surface area contributed by atoms with Gasteiger partial charge in [-0.3, -0.25) is 0 Å². The fourth-order valence-electron chi connectivity index (χ4n) is 10.6. The third kappa shape index (κ3) is 3.20. The summed E-state index contributed by atoms with van der Waals surface area (Å²) in [5, 5.41) is 11.1. The van der Waals surface area contributed by atoms with Crippen molar-refractivity contribution in [2.75, 3.05) is 14.2 Å². The lowest BCUT2D eigenvalue weighted by Crippen LogP contribution is -2.65. The van der Waals surface area contributed by atoms with E-state index in [1.165, 1.54) is 24.8 Å². The third-order valence-corrected chi connectivity index (χ3v) is 12.8. The van der Waals surface area contributed by atoms with Crippen LogP contribution in [0.1, 0.15) is 93.4 Å². The minimum absolute atomic E-state index is 0.00950. The van der Waals surface area contributed by atoms with Gasteiger partial charge in [-0.1, -0.05) is 58.4 Å². The lowest BCUT2D eigenvalue weighted by molar-refractivity contribution is -0.225. The number of aliphatic hydroxyl groups is 1. The van der Waals surface area contributed by atoms with Crippen molar-refractivity contribution in [1.82, 2.24) is 0 Å². The number of aliphatic hydroxyl groups excluding tert-OH is 1. The molecule has 0 aromatic heterocycles. The van der Waals surface area contributed by atoms with Crippen LogP contribution in [0.15, 0.2) is 23.8 Å². The zero-order valence-corrected chi connectivity index (χ0v) is 24.4. The second-order valence-electron chi connectivity index (χ2n) is 14.5. The number of hydrogen-bond acceptors (Lipinski definition) is 4. The molecule has 1 saturated heterocycles. The van der Waals surface area contributed by atoms with E-state index in [4.69, 9.17) is 14.2 Å². The summed E-state index contributed by atoms with van der Waals surface area (Å²) in [5.41, 5.74) is 1.04. The minimum Gasteiger partial charge on any atom is -0.392 e. The Kier molecular flexibility index (Phi) is 6.48. The Morgan fingerprint density at radius 1 is 1.06 bits per heavy atom. The molecule has 5 rings (SSSR count). The van der Waals surface area contributed by atoms with Crippen molar-refractivity contribution in [1.29, 1.82) is 0 Å². The molecule has 0 aromatic rings. The van der Waals surface area contributed by atoms with E-state index in [1.54, 1.807) is 0 Å². The Morgan fingerprint density at radius 2 is 1.78 bits per heavy atom. The van der Waals surface area contributed by atoms with Crippen LogP contribution in [0.4, 0.5) is 0 Å². The summed E-state index contributed by atoms with van der Waals surface area (Å²) in [7, 11) is 3.70. The van der Waals surface area contributed by atoms with Gasteiger partial charge in [0.15, 0.2) is 6.29 Å². The quantitative estimate of drug-likeness (QED) is 0.402. The fraction of sp³-hybridized carbons (Fsp3) is 0.875.